The van der Waals surface area contributed by atoms with Crippen LogP contribution < -0.4 is 15.8 Å². The Hall–Kier alpha value is -1.68. The third-order valence-electron chi connectivity index (χ3n) is 2.56. The van der Waals surface area contributed by atoms with Gasteiger partial charge in [-0.1, -0.05) is 19.1 Å². The monoisotopic (exact) mass is 264 g/mol. The summed E-state index contributed by atoms with van der Waals surface area (Å²) in [6, 6.07) is 5.76. The van der Waals surface area contributed by atoms with E-state index in [2.05, 4.69) is 18.8 Å². The van der Waals surface area contributed by atoms with Crippen molar-refractivity contribution in [3.05, 3.63) is 30.9 Å². The summed E-state index contributed by atoms with van der Waals surface area (Å²) < 4.78 is 11.0. The first-order valence-electron chi connectivity index (χ1n) is 6.73. The predicted octanol–water partition coefficient (Wildman–Crippen LogP) is 3.06. The van der Waals surface area contributed by atoms with Crippen molar-refractivity contribution in [3.63, 3.8) is 0 Å². The number of nitrogens with two attached hydrogens (primary N) is 1. The van der Waals surface area contributed by atoms with E-state index in [-0.39, 0.29) is 0 Å². The number of para-hydroxylation sites is 1. The lowest BCUT2D eigenvalue weighted by Gasteiger charge is -2.13. The van der Waals surface area contributed by atoms with Gasteiger partial charge in [0.05, 0.1) is 31.2 Å². The molecule has 0 radical (unpaired) electrons. The summed E-state index contributed by atoms with van der Waals surface area (Å²) in [5.74, 6) is 0.736. The molecule has 0 amide bonds. The topological polar surface area (TPSA) is 56.5 Å². The maximum absolute atomic E-state index is 6.04. The van der Waals surface area contributed by atoms with Gasteiger partial charge >= 0.3 is 0 Å². The van der Waals surface area contributed by atoms with Crippen molar-refractivity contribution in [2.75, 3.05) is 37.4 Å². The van der Waals surface area contributed by atoms with Crippen molar-refractivity contribution in [2.24, 2.45) is 0 Å². The first-order valence-corrected chi connectivity index (χ1v) is 6.73. The van der Waals surface area contributed by atoms with Crippen LogP contribution in [-0.4, -0.2) is 26.4 Å². The lowest BCUT2D eigenvalue weighted by Crippen LogP contribution is -2.11. The molecular weight excluding hydrogens is 240 g/mol. The molecule has 1 aromatic carbocycles. The normalized spacial score (nSPS) is 10.2. The number of benzene rings is 1. The highest BCUT2D eigenvalue weighted by Gasteiger charge is 2.04. The SMILES string of the molecule is C=CCCOCCNc1cccc(OCCC)c1N. The van der Waals surface area contributed by atoms with E-state index >= 15 is 0 Å². The molecule has 0 heterocycles. The Kier molecular flexibility index (Phi) is 7.51. The maximum Gasteiger partial charge on any atom is 0.144 e. The van der Waals surface area contributed by atoms with Crippen molar-refractivity contribution < 1.29 is 9.47 Å². The molecule has 0 atom stereocenters. The molecule has 0 aliphatic heterocycles. The lowest BCUT2D eigenvalue weighted by atomic mass is 10.2. The molecule has 4 heteroatoms. The van der Waals surface area contributed by atoms with Gasteiger partial charge in [0.15, 0.2) is 0 Å². The fourth-order valence-electron chi connectivity index (χ4n) is 1.56. The van der Waals surface area contributed by atoms with Gasteiger partial charge in [-0.3, -0.25) is 0 Å². The number of ether oxygens (including phenoxy) is 2. The van der Waals surface area contributed by atoms with Gasteiger partial charge in [-0.25, -0.2) is 0 Å². The molecule has 0 unspecified atom stereocenters. The van der Waals surface area contributed by atoms with Crippen LogP contribution in [0.5, 0.6) is 5.75 Å². The molecule has 19 heavy (non-hydrogen) atoms. The molecule has 0 aromatic heterocycles. The third-order valence-corrected chi connectivity index (χ3v) is 2.56. The van der Waals surface area contributed by atoms with Gasteiger partial charge in [-0.15, -0.1) is 6.58 Å². The zero-order valence-electron chi connectivity index (χ0n) is 11.7. The molecule has 1 rings (SSSR count). The summed E-state index contributed by atoms with van der Waals surface area (Å²) in [4.78, 5) is 0. The molecular formula is C15H24N2O2. The molecule has 0 saturated heterocycles. The smallest absolute Gasteiger partial charge is 0.144 e. The van der Waals surface area contributed by atoms with Crippen LogP contribution in [0.25, 0.3) is 0 Å². The van der Waals surface area contributed by atoms with E-state index in [1.807, 2.05) is 24.3 Å². The molecule has 4 nitrogen and oxygen atoms in total. The number of hydrogen-bond acceptors (Lipinski definition) is 4. The third kappa shape index (κ3) is 5.66. The second-order valence-corrected chi connectivity index (χ2v) is 4.18. The van der Waals surface area contributed by atoms with E-state index in [9.17, 15) is 0 Å². The van der Waals surface area contributed by atoms with E-state index in [1.165, 1.54) is 0 Å². The van der Waals surface area contributed by atoms with Crippen LogP contribution in [0.1, 0.15) is 19.8 Å². The van der Waals surface area contributed by atoms with Crippen molar-refractivity contribution in [1.82, 2.24) is 0 Å². The summed E-state index contributed by atoms with van der Waals surface area (Å²) >= 11 is 0. The molecule has 106 valence electrons. The Morgan fingerprint density at radius 2 is 2.16 bits per heavy atom. The Labute approximate surface area is 115 Å². The van der Waals surface area contributed by atoms with Gasteiger partial charge in [-0.2, -0.15) is 0 Å². The van der Waals surface area contributed by atoms with E-state index in [0.29, 0.717) is 25.5 Å². The first-order chi connectivity index (χ1) is 9.29. The standard InChI is InChI=1S/C15H24N2O2/c1-3-5-11-18-12-9-17-13-7-6-8-14(15(13)16)19-10-4-2/h3,6-8,17H,1,4-5,9-12,16H2,2H3. The number of hydrogen-bond donors (Lipinski definition) is 2. The molecule has 1 aromatic rings. The highest BCUT2D eigenvalue weighted by atomic mass is 16.5. The number of rotatable bonds is 10. The van der Waals surface area contributed by atoms with Crippen LogP contribution >= 0.6 is 0 Å². The zero-order chi connectivity index (χ0) is 13.9. The highest BCUT2D eigenvalue weighted by Crippen LogP contribution is 2.29. The molecule has 0 aliphatic rings. The summed E-state index contributed by atoms with van der Waals surface area (Å²) in [6.07, 6.45) is 3.69. The number of nitrogen functional groups attached to an aromatic ring is 1. The summed E-state index contributed by atoms with van der Waals surface area (Å²) in [5, 5.41) is 3.25. The van der Waals surface area contributed by atoms with E-state index in [0.717, 1.165) is 30.8 Å². The lowest BCUT2D eigenvalue weighted by molar-refractivity contribution is 0.149. The molecule has 0 spiro atoms. The van der Waals surface area contributed by atoms with Crippen LogP contribution in [0.15, 0.2) is 30.9 Å². The zero-order valence-corrected chi connectivity index (χ0v) is 11.7. The Balaban J connectivity index is 2.38. The summed E-state index contributed by atoms with van der Waals surface area (Å²) in [7, 11) is 0. The minimum atomic E-state index is 0.646. The van der Waals surface area contributed by atoms with Crippen molar-refractivity contribution in [3.8, 4) is 5.75 Å². The fraction of sp³-hybridized carbons (Fsp3) is 0.467. The van der Waals surface area contributed by atoms with Crippen LogP contribution in [0.4, 0.5) is 11.4 Å². The molecule has 0 saturated carbocycles. The van der Waals surface area contributed by atoms with Crippen molar-refractivity contribution in [1.29, 1.82) is 0 Å². The quantitative estimate of drug-likeness (QED) is 0.387. The second kappa shape index (κ2) is 9.28. The Bertz CT molecular complexity index is 380. The summed E-state index contributed by atoms with van der Waals surface area (Å²) in [6.45, 7) is 8.47. The van der Waals surface area contributed by atoms with Gasteiger partial charge < -0.3 is 20.5 Å². The van der Waals surface area contributed by atoms with Crippen molar-refractivity contribution >= 4 is 11.4 Å². The first kappa shape index (κ1) is 15.4. The van der Waals surface area contributed by atoms with E-state index in [4.69, 9.17) is 15.2 Å². The largest absolute Gasteiger partial charge is 0.491 e. The van der Waals surface area contributed by atoms with E-state index < -0.39 is 0 Å². The van der Waals surface area contributed by atoms with Crippen LogP contribution in [-0.2, 0) is 4.74 Å². The second-order valence-electron chi connectivity index (χ2n) is 4.18. The molecule has 3 N–H and O–H groups in total. The minimum Gasteiger partial charge on any atom is -0.491 e. The average Bonchev–Trinajstić information content (AvgIpc) is 2.43. The molecule has 0 fully saturated rings. The van der Waals surface area contributed by atoms with Gasteiger partial charge in [0.25, 0.3) is 0 Å². The van der Waals surface area contributed by atoms with Gasteiger partial charge in [0.1, 0.15) is 5.75 Å². The maximum atomic E-state index is 6.04. The van der Waals surface area contributed by atoms with Crippen molar-refractivity contribution in [2.45, 2.75) is 19.8 Å². The van der Waals surface area contributed by atoms with E-state index in [1.54, 1.807) is 0 Å². The van der Waals surface area contributed by atoms with Gasteiger partial charge in [0, 0.05) is 6.54 Å². The van der Waals surface area contributed by atoms with Gasteiger partial charge in [0.2, 0.25) is 0 Å². The molecule has 0 aliphatic carbocycles. The fourth-order valence-corrected chi connectivity index (χ4v) is 1.56. The van der Waals surface area contributed by atoms with Crippen LogP contribution in [0.3, 0.4) is 0 Å². The summed E-state index contributed by atoms with van der Waals surface area (Å²) in [5.41, 5.74) is 7.59. The Morgan fingerprint density at radius 1 is 1.32 bits per heavy atom. The predicted molar refractivity (Wildman–Crippen MR) is 80.8 cm³/mol. The van der Waals surface area contributed by atoms with Gasteiger partial charge in [-0.05, 0) is 25.0 Å². The number of nitrogens with one attached hydrogen (secondary N) is 1. The highest BCUT2D eigenvalue weighted by molar-refractivity contribution is 5.72. The average molecular weight is 264 g/mol. The molecule has 0 bridgehead atoms. The number of anilines is 2. The Morgan fingerprint density at radius 3 is 2.89 bits per heavy atom. The minimum absolute atomic E-state index is 0.646. The van der Waals surface area contributed by atoms with Crippen LogP contribution in [0.2, 0.25) is 0 Å². The van der Waals surface area contributed by atoms with Crippen LogP contribution in [0, 0.1) is 0 Å².